The molecule has 4 heteroatoms. The van der Waals surface area contributed by atoms with Crippen LogP contribution in [0.4, 0.5) is 0 Å². The fraction of sp³-hybridized carbons (Fsp3) is 0.357. The number of hydrogen-bond donors (Lipinski definition) is 2. The molecule has 3 N–H and O–H groups in total. The number of hydrogen-bond acceptors (Lipinski definition) is 2. The van der Waals surface area contributed by atoms with E-state index in [1.807, 2.05) is 18.2 Å². The van der Waals surface area contributed by atoms with Crippen LogP contribution in [0.2, 0.25) is 0 Å². The van der Waals surface area contributed by atoms with Gasteiger partial charge in [0.2, 0.25) is 5.91 Å². The zero-order chi connectivity index (χ0) is 12.5. The predicted octanol–water partition coefficient (Wildman–Crippen LogP) is 1.66. The summed E-state index contributed by atoms with van der Waals surface area (Å²) in [5.74, 6) is -0.369. The number of piperidine rings is 1. The normalized spacial score (nSPS) is 17.1. The quantitative estimate of drug-likeness (QED) is 0.842. The summed E-state index contributed by atoms with van der Waals surface area (Å²) in [7, 11) is 0. The number of nitrogens with one attached hydrogen (secondary N) is 1. The zero-order valence-corrected chi connectivity index (χ0v) is 10.2. The summed E-state index contributed by atoms with van der Waals surface area (Å²) in [4.78, 5) is 11.2. The van der Waals surface area contributed by atoms with Crippen molar-refractivity contribution in [2.24, 2.45) is 5.73 Å². The van der Waals surface area contributed by atoms with Gasteiger partial charge in [0.05, 0.1) is 0 Å². The van der Waals surface area contributed by atoms with Gasteiger partial charge in [-0.3, -0.25) is 4.79 Å². The maximum Gasteiger partial charge on any atom is 0.248 e. The molecule has 18 heavy (non-hydrogen) atoms. The van der Waals surface area contributed by atoms with Gasteiger partial charge < -0.3 is 15.6 Å². The van der Waals surface area contributed by atoms with Gasteiger partial charge in [-0.15, -0.1) is 0 Å². The van der Waals surface area contributed by atoms with Crippen LogP contribution in [0.15, 0.2) is 30.5 Å². The largest absolute Gasteiger partial charge is 0.366 e. The van der Waals surface area contributed by atoms with Crippen molar-refractivity contribution < 1.29 is 4.79 Å². The molecule has 0 saturated carbocycles. The second-order valence-corrected chi connectivity index (χ2v) is 4.84. The molecule has 0 atom stereocenters. The number of benzene rings is 1. The Labute approximate surface area is 106 Å². The zero-order valence-electron chi connectivity index (χ0n) is 10.2. The summed E-state index contributed by atoms with van der Waals surface area (Å²) < 4.78 is 2.32. The van der Waals surface area contributed by atoms with Gasteiger partial charge in [-0.2, -0.15) is 0 Å². The molecule has 1 aliphatic rings. The third-order valence-corrected chi connectivity index (χ3v) is 3.71. The van der Waals surface area contributed by atoms with Crippen molar-refractivity contribution in [3.05, 3.63) is 36.0 Å². The van der Waals surface area contributed by atoms with E-state index in [1.165, 1.54) is 5.52 Å². The number of nitrogens with two attached hydrogens (primary N) is 1. The van der Waals surface area contributed by atoms with Gasteiger partial charge in [0.25, 0.3) is 0 Å². The van der Waals surface area contributed by atoms with Gasteiger partial charge >= 0.3 is 0 Å². The third kappa shape index (κ3) is 1.88. The number of carbonyl (C=O) groups excluding carboxylic acids is 1. The second-order valence-electron chi connectivity index (χ2n) is 4.84. The summed E-state index contributed by atoms with van der Waals surface area (Å²) in [5, 5.41) is 4.46. The highest BCUT2D eigenvalue weighted by Crippen LogP contribution is 2.26. The molecule has 0 aliphatic carbocycles. The Bertz CT molecular complexity index is 582. The first-order valence-electron chi connectivity index (χ1n) is 6.37. The molecule has 1 aromatic carbocycles. The Hall–Kier alpha value is -1.81. The van der Waals surface area contributed by atoms with Crippen LogP contribution in [0.5, 0.6) is 0 Å². The minimum atomic E-state index is -0.369. The molecule has 1 amide bonds. The molecule has 0 bridgehead atoms. The number of nitrogens with zero attached hydrogens (tertiary/aromatic N) is 1. The highest BCUT2D eigenvalue weighted by atomic mass is 16.1. The number of fused-ring (bicyclic) bond motifs is 1. The molecule has 1 saturated heterocycles. The monoisotopic (exact) mass is 243 g/mol. The van der Waals surface area contributed by atoms with Crippen LogP contribution in [0.1, 0.15) is 29.2 Å². The van der Waals surface area contributed by atoms with E-state index in [0.29, 0.717) is 11.6 Å². The Morgan fingerprint density at radius 2 is 2.06 bits per heavy atom. The number of amides is 1. The molecule has 2 aromatic rings. The van der Waals surface area contributed by atoms with Crippen molar-refractivity contribution in [1.29, 1.82) is 0 Å². The Morgan fingerprint density at radius 3 is 2.78 bits per heavy atom. The maximum atomic E-state index is 11.2. The van der Waals surface area contributed by atoms with Crippen LogP contribution in [0.25, 0.3) is 10.9 Å². The summed E-state index contributed by atoms with van der Waals surface area (Å²) >= 11 is 0. The Kier molecular flexibility index (Phi) is 2.80. The minimum Gasteiger partial charge on any atom is -0.366 e. The standard InChI is InChI=1S/C14H17N3O/c15-14(18)11-1-2-13-10(9-11)5-8-17(13)12-3-6-16-7-4-12/h1-2,5,8-9,12,16H,3-4,6-7H2,(H2,15,18). The van der Waals surface area contributed by atoms with Gasteiger partial charge in [-0.05, 0) is 50.2 Å². The average Bonchev–Trinajstić information content (AvgIpc) is 2.82. The first-order chi connectivity index (χ1) is 8.75. The van der Waals surface area contributed by atoms with Gasteiger partial charge in [0, 0.05) is 28.7 Å². The lowest BCUT2D eigenvalue weighted by Gasteiger charge is -2.25. The first-order valence-corrected chi connectivity index (χ1v) is 6.37. The van der Waals surface area contributed by atoms with Gasteiger partial charge in [0.1, 0.15) is 0 Å². The van der Waals surface area contributed by atoms with Crippen LogP contribution in [-0.4, -0.2) is 23.6 Å². The lowest BCUT2D eigenvalue weighted by molar-refractivity contribution is 0.100. The number of aromatic nitrogens is 1. The van der Waals surface area contributed by atoms with Crippen molar-refractivity contribution in [3.63, 3.8) is 0 Å². The molecular weight excluding hydrogens is 226 g/mol. The lowest BCUT2D eigenvalue weighted by Crippen LogP contribution is -2.29. The van der Waals surface area contributed by atoms with E-state index in [9.17, 15) is 4.79 Å². The lowest BCUT2D eigenvalue weighted by atomic mass is 10.1. The van der Waals surface area contributed by atoms with Crippen LogP contribution in [0.3, 0.4) is 0 Å². The molecule has 4 nitrogen and oxygen atoms in total. The van der Waals surface area contributed by atoms with E-state index >= 15 is 0 Å². The summed E-state index contributed by atoms with van der Waals surface area (Å²) in [6, 6.07) is 8.29. The van der Waals surface area contributed by atoms with Crippen LogP contribution < -0.4 is 11.1 Å². The number of primary amides is 1. The van der Waals surface area contributed by atoms with Crippen molar-refractivity contribution in [3.8, 4) is 0 Å². The number of rotatable bonds is 2. The maximum absolute atomic E-state index is 11.2. The van der Waals surface area contributed by atoms with Gasteiger partial charge in [0.15, 0.2) is 0 Å². The predicted molar refractivity (Wildman–Crippen MR) is 71.6 cm³/mol. The highest BCUT2D eigenvalue weighted by Gasteiger charge is 2.16. The minimum absolute atomic E-state index is 0.369. The summed E-state index contributed by atoms with van der Waals surface area (Å²) in [6.07, 6.45) is 4.42. The molecule has 0 unspecified atom stereocenters. The van der Waals surface area contributed by atoms with Crippen molar-refractivity contribution in [1.82, 2.24) is 9.88 Å². The molecule has 1 fully saturated rings. The van der Waals surface area contributed by atoms with E-state index < -0.39 is 0 Å². The summed E-state index contributed by atoms with van der Waals surface area (Å²) in [5.41, 5.74) is 7.06. The van der Waals surface area contributed by atoms with Crippen LogP contribution in [-0.2, 0) is 0 Å². The van der Waals surface area contributed by atoms with Crippen molar-refractivity contribution in [2.75, 3.05) is 13.1 Å². The molecule has 2 heterocycles. The molecular formula is C14H17N3O. The fourth-order valence-electron chi connectivity index (χ4n) is 2.72. The van der Waals surface area contributed by atoms with Crippen molar-refractivity contribution in [2.45, 2.75) is 18.9 Å². The first kappa shape index (κ1) is 11.3. The second kappa shape index (κ2) is 4.46. The van der Waals surface area contributed by atoms with E-state index in [1.54, 1.807) is 0 Å². The Morgan fingerprint density at radius 1 is 1.28 bits per heavy atom. The SMILES string of the molecule is NC(=O)c1ccc2c(ccn2C2CCNCC2)c1. The Balaban J connectivity index is 2.01. The third-order valence-electron chi connectivity index (χ3n) is 3.71. The molecule has 1 aliphatic heterocycles. The molecule has 0 spiro atoms. The van der Waals surface area contributed by atoms with Gasteiger partial charge in [-0.1, -0.05) is 0 Å². The van der Waals surface area contributed by atoms with E-state index in [-0.39, 0.29) is 5.91 Å². The molecule has 3 rings (SSSR count). The van der Waals surface area contributed by atoms with E-state index in [0.717, 1.165) is 31.3 Å². The molecule has 94 valence electrons. The van der Waals surface area contributed by atoms with Gasteiger partial charge in [-0.25, -0.2) is 0 Å². The number of carbonyl (C=O) groups is 1. The highest BCUT2D eigenvalue weighted by molar-refractivity contribution is 5.97. The molecule has 1 aromatic heterocycles. The smallest absolute Gasteiger partial charge is 0.248 e. The van der Waals surface area contributed by atoms with Crippen LogP contribution in [0, 0.1) is 0 Å². The van der Waals surface area contributed by atoms with E-state index in [4.69, 9.17) is 5.73 Å². The molecule has 0 radical (unpaired) electrons. The summed E-state index contributed by atoms with van der Waals surface area (Å²) in [6.45, 7) is 2.15. The average molecular weight is 243 g/mol. The van der Waals surface area contributed by atoms with Crippen molar-refractivity contribution >= 4 is 16.8 Å². The topological polar surface area (TPSA) is 60.1 Å². The van der Waals surface area contributed by atoms with E-state index in [2.05, 4.69) is 22.1 Å². The fourth-order valence-corrected chi connectivity index (χ4v) is 2.72. The van der Waals surface area contributed by atoms with Crippen LogP contribution >= 0.6 is 0 Å².